The minimum Gasteiger partial charge on any atom is -0.295 e. The quantitative estimate of drug-likeness (QED) is 0.530. The maximum Gasteiger partial charge on any atom is 0.152 e. The van der Waals surface area contributed by atoms with Gasteiger partial charge in [-0.15, -0.1) is 0 Å². The van der Waals surface area contributed by atoms with E-state index in [2.05, 4.69) is 6.92 Å². The van der Waals surface area contributed by atoms with Gasteiger partial charge in [-0.05, 0) is 26.3 Å². The molecule has 1 heteroatoms. The molecule has 0 heterocycles. The second-order valence-corrected chi connectivity index (χ2v) is 2.35. The Balaban J connectivity index is 3.69. The zero-order valence-electron chi connectivity index (χ0n) is 6.40. The van der Waals surface area contributed by atoms with Crippen molar-refractivity contribution in [2.45, 2.75) is 33.6 Å². The average Bonchev–Trinajstić information content (AvgIpc) is 1.63. The van der Waals surface area contributed by atoms with Crippen molar-refractivity contribution < 1.29 is 4.79 Å². The average molecular weight is 126 g/mol. The number of carbonyl (C=O) groups is 1. The summed E-state index contributed by atoms with van der Waals surface area (Å²) in [6.07, 6.45) is 3.86. The van der Waals surface area contributed by atoms with E-state index in [4.69, 9.17) is 0 Å². The first kappa shape index (κ1) is 8.41. The molecule has 0 rings (SSSR count). The van der Waals surface area contributed by atoms with Crippen molar-refractivity contribution in [1.82, 2.24) is 0 Å². The molecule has 0 aliphatic rings. The smallest absolute Gasteiger partial charge is 0.152 e. The number of ketones is 1. The van der Waals surface area contributed by atoms with Crippen molar-refractivity contribution >= 4 is 5.78 Å². The number of rotatable bonds is 3. The summed E-state index contributed by atoms with van der Waals surface area (Å²) in [5.41, 5.74) is 1.19. The van der Waals surface area contributed by atoms with Crippen LogP contribution in [-0.4, -0.2) is 5.78 Å². The Kier molecular flexibility index (Phi) is 4.02. The van der Waals surface area contributed by atoms with E-state index in [1.54, 1.807) is 13.0 Å². The fourth-order valence-corrected chi connectivity index (χ4v) is 0.813. The normalized spacial score (nSPS) is 11.7. The molecule has 0 spiro atoms. The van der Waals surface area contributed by atoms with Crippen LogP contribution in [0.1, 0.15) is 33.6 Å². The van der Waals surface area contributed by atoms with Gasteiger partial charge in [0, 0.05) is 0 Å². The molecule has 0 unspecified atom stereocenters. The lowest BCUT2D eigenvalue weighted by Gasteiger charge is -1.92. The Bertz CT molecular complexity index is 123. The molecule has 0 amide bonds. The Morgan fingerprint density at radius 3 is 2.33 bits per heavy atom. The van der Waals surface area contributed by atoms with Gasteiger partial charge in [0.1, 0.15) is 0 Å². The van der Waals surface area contributed by atoms with Crippen molar-refractivity contribution in [1.29, 1.82) is 0 Å². The molecule has 0 aromatic heterocycles. The number of allylic oxidation sites excluding steroid dienone is 2. The molecule has 0 saturated heterocycles. The van der Waals surface area contributed by atoms with Crippen molar-refractivity contribution in [3.63, 3.8) is 0 Å². The molecule has 0 aromatic carbocycles. The molecular formula is C8H14O. The van der Waals surface area contributed by atoms with Gasteiger partial charge in [0.25, 0.3) is 0 Å². The van der Waals surface area contributed by atoms with Crippen LogP contribution in [-0.2, 0) is 4.79 Å². The van der Waals surface area contributed by atoms with Crippen LogP contribution in [0.3, 0.4) is 0 Å². The van der Waals surface area contributed by atoms with Gasteiger partial charge < -0.3 is 0 Å². The van der Waals surface area contributed by atoms with E-state index in [1.807, 2.05) is 6.92 Å². The van der Waals surface area contributed by atoms with Crippen LogP contribution in [0.25, 0.3) is 0 Å². The number of hydrogen-bond donors (Lipinski definition) is 0. The fraction of sp³-hybridized carbons (Fsp3) is 0.625. The van der Waals surface area contributed by atoms with Crippen LogP contribution in [0, 0.1) is 0 Å². The topological polar surface area (TPSA) is 17.1 Å². The monoisotopic (exact) mass is 126 g/mol. The molecule has 0 N–H and O–H groups in total. The van der Waals surface area contributed by atoms with Crippen molar-refractivity contribution in [3.8, 4) is 0 Å². The minimum atomic E-state index is 0.154. The molecule has 0 atom stereocenters. The summed E-state index contributed by atoms with van der Waals surface area (Å²) in [6, 6.07) is 0. The highest BCUT2D eigenvalue weighted by atomic mass is 16.1. The molecule has 0 aliphatic carbocycles. The molecule has 52 valence electrons. The van der Waals surface area contributed by atoms with Crippen LogP contribution in [0.5, 0.6) is 0 Å². The Morgan fingerprint density at radius 2 is 2.00 bits per heavy atom. The summed E-state index contributed by atoms with van der Waals surface area (Å²) in [5.74, 6) is 0.154. The molecule has 9 heavy (non-hydrogen) atoms. The second kappa shape index (κ2) is 4.30. The standard InChI is InChI=1S/C8H14O/c1-4-5-7(2)6-8(3)9/h6H,4-5H2,1-3H3/b7-6-. The highest BCUT2D eigenvalue weighted by molar-refractivity contribution is 5.87. The van der Waals surface area contributed by atoms with E-state index in [0.29, 0.717) is 0 Å². The summed E-state index contributed by atoms with van der Waals surface area (Å²) >= 11 is 0. The Labute approximate surface area is 56.8 Å². The summed E-state index contributed by atoms with van der Waals surface area (Å²) < 4.78 is 0. The SMILES string of the molecule is CCC/C(C)=C\C(C)=O. The number of hydrogen-bond acceptors (Lipinski definition) is 1. The Hall–Kier alpha value is -0.590. The first-order valence-electron chi connectivity index (χ1n) is 3.34. The highest BCUT2D eigenvalue weighted by Crippen LogP contribution is 2.01. The van der Waals surface area contributed by atoms with Crippen LogP contribution in [0.15, 0.2) is 11.6 Å². The van der Waals surface area contributed by atoms with E-state index < -0.39 is 0 Å². The second-order valence-electron chi connectivity index (χ2n) is 2.35. The van der Waals surface area contributed by atoms with Gasteiger partial charge in [0.15, 0.2) is 5.78 Å². The van der Waals surface area contributed by atoms with Gasteiger partial charge in [0.2, 0.25) is 0 Å². The molecule has 0 aliphatic heterocycles. The predicted octanol–water partition coefficient (Wildman–Crippen LogP) is 2.32. The summed E-state index contributed by atoms with van der Waals surface area (Å²) in [6.45, 7) is 5.68. The first-order chi connectivity index (χ1) is 4.16. The predicted molar refractivity (Wildman–Crippen MR) is 39.3 cm³/mol. The van der Waals surface area contributed by atoms with E-state index in [0.717, 1.165) is 12.8 Å². The lowest BCUT2D eigenvalue weighted by Crippen LogP contribution is -1.84. The maximum atomic E-state index is 10.5. The molecular weight excluding hydrogens is 112 g/mol. The van der Waals surface area contributed by atoms with Crippen LogP contribution in [0.4, 0.5) is 0 Å². The van der Waals surface area contributed by atoms with Crippen LogP contribution < -0.4 is 0 Å². The Morgan fingerprint density at radius 1 is 1.44 bits per heavy atom. The maximum absolute atomic E-state index is 10.5. The van der Waals surface area contributed by atoms with Crippen LogP contribution in [0.2, 0.25) is 0 Å². The van der Waals surface area contributed by atoms with Gasteiger partial charge in [-0.2, -0.15) is 0 Å². The first-order valence-corrected chi connectivity index (χ1v) is 3.34. The zero-order chi connectivity index (χ0) is 7.28. The van der Waals surface area contributed by atoms with Gasteiger partial charge in [-0.3, -0.25) is 4.79 Å². The third-order valence-electron chi connectivity index (χ3n) is 1.09. The van der Waals surface area contributed by atoms with E-state index in [1.165, 1.54) is 5.57 Å². The highest BCUT2D eigenvalue weighted by Gasteiger charge is 1.88. The fourth-order valence-electron chi connectivity index (χ4n) is 0.813. The largest absolute Gasteiger partial charge is 0.295 e. The van der Waals surface area contributed by atoms with Crippen molar-refractivity contribution in [3.05, 3.63) is 11.6 Å². The summed E-state index contributed by atoms with van der Waals surface area (Å²) in [7, 11) is 0. The molecule has 0 aromatic rings. The lowest BCUT2D eigenvalue weighted by atomic mass is 10.1. The van der Waals surface area contributed by atoms with Crippen molar-refractivity contribution in [2.24, 2.45) is 0 Å². The third-order valence-corrected chi connectivity index (χ3v) is 1.09. The molecule has 0 radical (unpaired) electrons. The zero-order valence-corrected chi connectivity index (χ0v) is 6.40. The number of carbonyl (C=O) groups excluding carboxylic acids is 1. The van der Waals surface area contributed by atoms with Gasteiger partial charge in [0.05, 0.1) is 0 Å². The third kappa shape index (κ3) is 5.28. The summed E-state index contributed by atoms with van der Waals surface area (Å²) in [4.78, 5) is 10.5. The molecule has 0 bridgehead atoms. The van der Waals surface area contributed by atoms with Gasteiger partial charge in [-0.1, -0.05) is 18.9 Å². The van der Waals surface area contributed by atoms with E-state index in [9.17, 15) is 4.79 Å². The lowest BCUT2D eigenvalue weighted by molar-refractivity contribution is -0.112. The van der Waals surface area contributed by atoms with E-state index in [-0.39, 0.29) is 5.78 Å². The van der Waals surface area contributed by atoms with Crippen molar-refractivity contribution in [2.75, 3.05) is 0 Å². The molecule has 1 nitrogen and oxygen atoms in total. The van der Waals surface area contributed by atoms with E-state index >= 15 is 0 Å². The van der Waals surface area contributed by atoms with Crippen LogP contribution >= 0.6 is 0 Å². The minimum absolute atomic E-state index is 0.154. The van der Waals surface area contributed by atoms with Gasteiger partial charge in [-0.25, -0.2) is 0 Å². The summed E-state index contributed by atoms with van der Waals surface area (Å²) in [5, 5.41) is 0. The molecule has 0 saturated carbocycles. The van der Waals surface area contributed by atoms with Gasteiger partial charge >= 0.3 is 0 Å². The molecule has 0 fully saturated rings.